The van der Waals surface area contributed by atoms with Gasteiger partial charge in [-0.1, -0.05) is 6.42 Å². The highest BCUT2D eigenvalue weighted by Gasteiger charge is 2.52. The summed E-state index contributed by atoms with van der Waals surface area (Å²) in [5.41, 5.74) is 6.43. The maximum absolute atomic E-state index is 6.14. The zero-order valence-corrected chi connectivity index (χ0v) is 11.7. The van der Waals surface area contributed by atoms with E-state index in [2.05, 4.69) is 11.9 Å². The van der Waals surface area contributed by atoms with Crippen molar-refractivity contribution in [3.05, 3.63) is 0 Å². The van der Waals surface area contributed by atoms with Crippen molar-refractivity contribution in [3.63, 3.8) is 0 Å². The molecule has 0 spiro atoms. The molecule has 3 saturated carbocycles. The van der Waals surface area contributed by atoms with E-state index in [1.165, 1.54) is 38.5 Å². The Morgan fingerprint density at radius 3 is 2.67 bits per heavy atom. The van der Waals surface area contributed by atoms with Crippen molar-refractivity contribution >= 4 is 0 Å². The van der Waals surface area contributed by atoms with E-state index in [4.69, 9.17) is 10.5 Å². The summed E-state index contributed by atoms with van der Waals surface area (Å²) in [6.45, 7) is 3.74. The second-order valence-electron chi connectivity index (χ2n) is 6.83. The molecule has 3 aliphatic rings. The summed E-state index contributed by atoms with van der Waals surface area (Å²) in [7, 11) is 2.26. The third-order valence-electron chi connectivity index (χ3n) is 5.68. The molecule has 3 fully saturated rings. The van der Waals surface area contributed by atoms with E-state index in [9.17, 15) is 0 Å². The van der Waals surface area contributed by atoms with Gasteiger partial charge in [0.05, 0.1) is 6.61 Å². The van der Waals surface area contributed by atoms with Crippen LogP contribution in [0.4, 0.5) is 0 Å². The maximum Gasteiger partial charge on any atom is 0.0593 e. The molecule has 18 heavy (non-hydrogen) atoms. The summed E-state index contributed by atoms with van der Waals surface area (Å²) in [5.74, 6) is 2.68. The van der Waals surface area contributed by atoms with E-state index in [0.29, 0.717) is 5.54 Å². The molecular formula is C15H28N2O. The Kier molecular flexibility index (Phi) is 3.65. The van der Waals surface area contributed by atoms with Gasteiger partial charge in [-0.3, -0.25) is 4.90 Å². The Hall–Kier alpha value is -0.120. The predicted molar refractivity (Wildman–Crippen MR) is 73.4 cm³/mol. The molecule has 3 heteroatoms. The smallest absolute Gasteiger partial charge is 0.0593 e. The molecule has 0 aliphatic heterocycles. The molecule has 3 unspecified atom stereocenters. The first-order valence-electron chi connectivity index (χ1n) is 7.73. The minimum Gasteiger partial charge on any atom is -0.380 e. The minimum absolute atomic E-state index is 0.297. The molecule has 3 nitrogen and oxygen atoms in total. The van der Waals surface area contributed by atoms with Gasteiger partial charge in [0.15, 0.2) is 0 Å². The molecule has 3 atom stereocenters. The van der Waals surface area contributed by atoms with Gasteiger partial charge in [0.25, 0.3) is 0 Å². The normalized spacial score (nSPS) is 38.8. The lowest BCUT2D eigenvalue weighted by Crippen LogP contribution is -2.56. The molecule has 0 heterocycles. The van der Waals surface area contributed by atoms with Crippen molar-refractivity contribution in [3.8, 4) is 0 Å². The van der Waals surface area contributed by atoms with Gasteiger partial charge in [0, 0.05) is 25.2 Å². The number of nitrogens with zero attached hydrogens (tertiary/aromatic N) is 1. The van der Waals surface area contributed by atoms with Crippen molar-refractivity contribution in [2.75, 3.05) is 33.4 Å². The van der Waals surface area contributed by atoms with E-state index in [0.717, 1.165) is 44.1 Å². The average molecular weight is 252 g/mol. The van der Waals surface area contributed by atoms with Crippen molar-refractivity contribution in [2.45, 2.75) is 44.1 Å². The first kappa shape index (κ1) is 12.9. The van der Waals surface area contributed by atoms with Crippen LogP contribution < -0.4 is 5.73 Å². The quantitative estimate of drug-likeness (QED) is 0.703. The highest BCUT2D eigenvalue weighted by Crippen LogP contribution is 2.52. The molecule has 104 valence electrons. The Morgan fingerprint density at radius 1 is 1.28 bits per heavy atom. The number of rotatable bonds is 7. The Labute approximate surface area is 111 Å². The van der Waals surface area contributed by atoms with Crippen molar-refractivity contribution < 1.29 is 4.74 Å². The zero-order valence-electron chi connectivity index (χ0n) is 11.7. The lowest BCUT2D eigenvalue weighted by molar-refractivity contribution is 0.0292. The van der Waals surface area contributed by atoms with Crippen LogP contribution in [-0.4, -0.2) is 43.8 Å². The van der Waals surface area contributed by atoms with Crippen LogP contribution in [0.2, 0.25) is 0 Å². The zero-order chi connectivity index (χ0) is 12.6. The number of hydrogen-bond acceptors (Lipinski definition) is 3. The Morgan fingerprint density at radius 2 is 2.11 bits per heavy atom. The first-order chi connectivity index (χ1) is 8.74. The highest BCUT2D eigenvalue weighted by atomic mass is 16.5. The Bertz CT molecular complexity index is 292. The van der Waals surface area contributed by atoms with E-state index in [1.807, 2.05) is 0 Å². The molecule has 0 radical (unpaired) electrons. The number of ether oxygens (including phenoxy) is 1. The predicted octanol–water partition coefficient (Wildman–Crippen LogP) is 1.86. The van der Waals surface area contributed by atoms with Crippen LogP contribution in [-0.2, 0) is 4.74 Å². The average Bonchev–Trinajstić information content (AvgIpc) is 2.99. The summed E-state index contributed by atoms with van der Waals surface area (Å²) >= 11 is 0. The largest absolute Gasteiger partial charge is 0.380 e. The van der Waals surface area contributed by atoms with Gasteiger partial charge >= 0.3 is 0 Å². The monoisotopic (exact) mass is 252 g/mol. The number of hydrogen-bond donors (Lipinski definition) is 1. The van der Waals surface area contributed by atoms with Crippen molar-refractivity contribution in [1.82, 2.24) is 4.90 Å². The van der Waals surface area contributed by atoms with Gasteiger partial charge in [-0.25, -0.2) is 0 Å². The topological polar surface area (TPSA) is 38.5 Å². The van der Waals surface area contributed by atoms with E-state index in [-0.39, 0.29) is 0 Å². The molecule has 0 aromatic rings. The second kappa shape index (κ2) is 5.10. The summed E-state index contributed by atoms with van der Waals surface area (Å²) in [5, 5.41) is 0. The third kappa shape index (κ3) is 2.33. The fourth-order valence-electron chi connectivity index (χ4n) is 4.25. The maximum atomic E-state index is 6.14. The van der Waals surface area contributed by atoms with Crippen LogP contribution >= 0.6 is 0 Å². The fourth-order valence-corrected chi connectivity index (χ4v) is 4.25. The minimum atomic E-state index is 0.297. The molecule has 0 saturated heterocycles. The van der Waals surface area contributed by atoms with Gasteiger partial charge in [-0.05, 0) is 56.9 Å². The first-order valence-corrected chi connectivity index (χ1v) is 7.73. The highest BCUT2D eigenvalue weighted by molar-refractivity contribution is 5.07. The summed E-state index contributed by atoms with van der Waals surface area (Å²) in [6.07, 6.45) is 8.35. The van der Waals surface area contributed by atoms with Crippen molar-refractivity contribution in [2.24, 2.45) is 23.5 Å². The van der Waals surface area contributed by atoms with Crippen LogP contribution in [0.15, 0.2) is 0 Å². The van der Waals surface area contributed by atoms with Gasteiger partial charge in [0.2, 0.25) is 0 Å². The molecule has 0 aromatic heterocycles. The molecule has 0 aromatic carbocycles. The Balaban J connectivity index is 1.48. The van der Waals surface area contributed by atoms with E-state index in [1.54, 1.807) is 0 Å². The van der Waals surface area contributed by atoms with Crippen molar-refractivity contribution in [1.29, 1.82) is 0 Å². The van der Waals surface area contributed by atoms with Crippen LogP contribution in [0.3, 0.4) is 0 Å². The summed E-state index contributed by atoms with van der Waals surface area (Å²) in [6, 6.07) is 0. The van der Waals surface area contributed by atoms with E-state index < -0.39 is 0 Å². The van der Waals surface area contributed by atoms with Crippen LogP contribution in [0, 0.1) is 17.8 Å². The summed E-state index contributed by atoms with van der Waals surface area (Å²) in [4.78, 5) is 2.52. The van der Waals surface area contributed by atoms with Crippen LogP contribution in [0.1, 0.15) is 38.5 Å². The van der Waals surface area contributed by atoms with Gasteiger partial charge in [-0.15, -0.1) is 0 Å². The van der Waals surface area contributed by atoms with Gasteiger partial charge in [0.1, 0.15) is 0 Å². The molecule has 0 amide bonds. The van der Waals surface area contributed by atoms with Gasteiger partial charge in [-0.2, -0.15) is 0 Å². The van der Waals surface area contributed by atoms with E-state index >= 15 is 0 Å². The SMILES string of the molecule is CN(CCOCC1CC1)C1(CN)CC2CCC1C2. The number of likely N-dealkylation sites (N-methyl/N-ethyl adjacent to an activating group) is 1. The molecular weight excluding hydrogens is 224 g/mol. The molecule has 2 N–H and O–H groups in total. The standard InChI is InChI=1S/C15H28N2O/c1-17(6-7-18-10-12-2-3-12)15(11-16)9-13-4-5-14(15)8-13/h12-14H,2-11,16H2,1H3. The molecule has 3 aliphatic carbocycles. The second-order valence-corrected chi connectivity index (χ2v) is 6.83. The van der Waals surface area contributed by atoms with Crippen LogP contribution in [0.5, 0.6) is 0 Å². The number of fused-ring (bicyclic) bond motifs is 2. The third-order valence-corrected chi connectivity index (χ3v) is 5.68. The number of nitrogens with two attached hydrogens (primary N) is 1. The van der Waals surface area contributed by atoms with Gasteiger partial charge < -0.3 is 10.5 Å². The van der Waals surface area contributed by atoms with Crippen LogP contribution in [0.25, 0.3) is 0 Å². The summed E-state index contributed by atoms with van der Waals surface area (Å²) < 4.78 is 5.77. The fraction of sp³-hybridized carbons (Fsp3) is 1.00. The lowest BCUT2D eigenvalue weighted by atomic mass is 9.79. The molecule has 2 bridgehead atoms. The molecule has 3 rings (SSSR count). The lowest BCUT2D eigenvalue weighted by Gasteiger charge is -2.44.